The Morgan fingerprint density at radius 2 is 2.32 bits per heavy atom. The van der Waals surface area contributed by atoms with Crippen LogP contribution in [0.3, 0.4) is 0 Å². The van der Waals surface area contributed by atoms with Gasteiger partial charge in [0.15, 0.2) is 0 Å². The van der Waals surface area contributed by atoms with Gasteiger partial charge < -0.3 is 14.7 Å². The zero-order valence-electron chi connectivity index (χ0n) is 11.5. The van der Waals surface area contributed by atoms with Crippen molar-refractivity contribution in [3.63, 3.8) is 0 Å². The molecule has 106 valence electrons. The molecule has 0 bridgehead atoms. The van der Waals surface area contributed by atoms with Gasteiger partial charge in [-0.1, -0.05) is 0 Å². The summed E-state index contributed by atoms with van der Waals surface area (Å²) in [6.45, 7) is 6.37. The smallest absolute Gasteiger partial charge is 0.410 e. The molecule has 0 aliphatic carbocycles. The molecule has 1 saturated heterocycles. The average Bonchev–Trinajstić information content (AvgIpc) is 2.88. The van der Waals surface area contributed by atoms with Gasteiger partial charge in [0.05, 0.1) is 23.9 Å². The number of aliphatic hydroxyl groups excluding tert-OH is 1. The van der Waals surface area contributed by atoms with Gasteiger partial charge in [-0.2, -0.15) is 0 Å². The summed E-state index contributed by atoms with van der Waals surface area (Å²) >= 11 is 1.54. The Kier molecular flexibility index (Phi) is 4.10. The first kappa shape index (κ1) is 14.3. The minimum absolute atomic E-state index is 0.0367. The molecule has 2 rings (SSSR count). The van der Waals surface area contributed by atoms with Crippen LogP contribution in [-0.4, -0.2) is 45.9 Å². The van der Waals surface area contributed by atoms with Crippen LogP contribution in [0.15, 0.2) is 10.9 Å². The van der Waals surface area contributed by atoms with Crippen molar-refractivity contribution in [1.82, 2.24) is 9.88 Å². The molecule has 1 aromatic rings. The highest BCUT2D eigenvalue weighted by molar-refractivity contribution is 7.07. The van der Waals surface area contributed by atoms with E-state index in [-0.39, 0.29) is 12.0 Å². The highest BCUT2D eigenvalue weighted by Gasteiger charge is 2.36. The highest BCUT2D eigenvalue weighted by Crippen LogP contribution is 2.23. The van der Waals surface area contributed by atoms with Gasteiger partial charge in [-0.25, -0.2) is 9.78 Å². The van der Waals surface area contributed by atoms with E-state index in [9.17, 15) is 9.90 Å². The molecule has 2 atom stereocenters. The lowest BCUT2D eigenvalue weighted by atomic mass is 10.0. The number of hydrogen-bond donors (Lipinski definition) is 1. The first-order valence-electron chi connectivity index (χ1n) is 6.38. The van der Waals surface area contributed by atoms with Crippen molar-refractivity contribution in [3.8, 4) is 0 Å². The Balaban J connectivity index is 1.91. The summed E-state index contributed by atoms with van der Waals surface area (Å²) in [6, 6.07) is 0. The molecular formula is C13H20N2O3S. The molecule has 1 fully saturated rings. The molecule has 0 aromatic carbocycles. The van der Waals surface area contributed by atoms with E-state index in [4.69, 9.17) is 4.74 Å². The Hall–Kier alpha value is -1.14. The summed E-state index contributed by atoms with van der Waals surface area (Å²) in [5.41, 5.74) is 2.25. The minimum atomic E-state index is -0.505. The van der Waals surface area contributed by atoms with E-state index in [1.807, 2.05) is 26.2 Å². The molecular weight excluding hydrogens is 264 g/mol. The second-order valence-corrected chi connectivity index (χ2v) is 6.62. The summed E-state index contributed by atoms with van der Waals surface area (Å²) in [4.78, 5) is 17.7. The normalized spacial score (nSPS) is 23.7. The van der Waals surface area contributed by atoms with E-state index in [1.165, 1.54) is 0 Å². The zero-order valence-corrected chi connectivity index (χ0v) is 12.3. The molecule has 1 aliphatic rings. The third-order valence-corrected chi connectivity index (χ3v) is 3.65. The average molecular weight is 284 g/mol. The van der Waals surface area contributed by atoms with Crippen molar-refractivity contribution < 1.29 is 14.6 Å². The summed E-state index contributed by atoms with van der Waals surface area (Å²) < 4.78 is 5.32. The maximum atomic E-state index is 11.9. The first-order chi connectivity index (χ1) is 8.85. The number of amides is 1. The van der Waals surface area contributed by atoms with Crippen molar-refractivity contribution in [3.05, 3.63) is 16.6 Å². The van der Waals surface area contributed by atoms with Crippen molar-refractivity contribution >= 4 is 17.4 Å². The van der Waals surface area contributed by atoms with E-state index in [2.05, 4.69) is 4.98 Å². The number of carbonyl (C=O) groups is 1. The third-order valence-electron chi connectivity index (χ3n) is 3.01. The first-order valence-corrected chi connectivity index (χ1v) is 7.32. The number of aliphatic hydroxyl groups is 1. The largest absolute Gasteiger partial charge is 0.444 e. The summed E-state index contributed by atoms with van der Waals surface area (Å²) in [7, 11) is 0. The number of carbonyl (C=O) groups excluding carboxylic acids is 1. The summed E-state index contributed by atoms with van der Waals surface area (Å²) in [5.74, 6) is 0.0367. The molecule has 1 N–H and O–H groups in total. The van der Waals surface area contributed by atoms with E-state index < -0.39 is 11.7 Å². The molecule has 2 unspecified atom stereocenters. The second-order valence-electron chi connectivity index (χ2n) is 5.90. The standard InChI is InChI=1S/C13H20N2O3S/c1-13(2,3)18-12(17)15-5-9(11(16)6-15)4-10-7-19-8-14-10/h7-9,11,16H,4-6H2,1-3H3. The Bertz CT molecular complexity index is 428. The van der Waals surface area contributed by atoms with Gasteiger partial charge >= 0.3 is 6.09 Å². The third kappa shape index (κ3) is 3.91. The van der Waals surface area contributed by atoms with Gasteiger partial charge in [0.25, 0.3) is 0 Å². The van der Waals surface area contributed by atoms with Crippen LogP contribution >= 0.6 is 11.3 Å². The highest BCUT2D eigenvalue weighted by atomic mass is 32.1. The van der Waals surface area contributed by atoms with Crippen molar-refractivity contribution in [1.29, 1.82) is 0 Å². The number of hydrogen-bond acceptors (Lipinski definition) is 5. The lowest BCUT2D eigenvalue weighted by Gasteiger charge is -2.24. The number of β-amino-alcohol motifs (C(OH)–C–C–N with tert-alkyl or cyclic N) is 1. The molecule has 1 amide bonds. The Morgan fingerprint density at radius 1 is 1.58 bits per heavy atom. The molecule has 6 heteroatoms. The number of likely N-dealkylation sites (tertiary alicyclic amines) is 1. The maximum Gasteiger partial charge on any atom is 0.410 e. The second kappa shape index (κ2) is 5.46. The van der Waals surface area contributed by atoms with E-state index in [0.29, 0.717) is 19.5 Å². The Labute approximate surface area is 117 Å². The van der Waals surface area contributed by atoms with Gasteiger partial charge in [0.2, 0.25) is 0 Å². The van der Waals surface area contributed by atoms with Crippen molar-refractivity contribution in [2.75, 3.05) is 13.1 Å². The van der Waals surface area contributed by atoms with Gasteiger partial charge in [0.1, 0.15) is 5.60 Å². The molecule has 19 heavy (non-hydrogen) atoms. The quantitative estimate of drug-likeness (QED) is 0.901. The minimum Gasteiger partial charge on any atom is -0.444 e. The van der Waals surface area contributed by atoms with Crippen molar-refractivity contribution in [2.24, 2.45) is 5.92 Å². The van der Waals surface area contributed by atoms with Crippen LogP contribution in [0.1, 0.15) is 26.5 Å². The van der Waals surface area contributed by atoms with Gasteiger partial charge in [0, 0.05) is 17.8 Å². The van der Waals surface area contributed by atoms with Crippen LogP contribution in [0.2, 0.25) is 0 Å². The fraction of sp³-hybridized carbons (Fsp3) is 0.692. The van der Waals surface area contributed by atoms with Crippen LogP contribution < -0.4 is 0 Å². The number of rotatable bonds is 2. The summed E-state index contributed by atoms with van der Waals surface area (Å²) in [5, 5.41) is 12.0. The van der Waals surface area contributed by atoms with Crippen LogP contribution in [0.25, 0.3) is 0 Å². The monoisotopic (exact) mass is 284 g/mol. The van der Waals surface area contributed by atoms with Gasteiger partial charge in [-0.15, -0.1) is 11.3 Å². The lowest BCUT2D eigenvalue weighted by Crippen LogP contribution is -2.35. The number of ether oxygens (including phenoxy) is 1. The molecule has 5 nitrogen and oxygen atoms in total. The van der Waals surface area contributed by atoms with Crippen LogP contribution in [0.5, 0.6) is 0 Å². The molecule has 1 aliphatic heterocycles. The molecule has 0 radical (unpaired) electrons. The zero-order chi connectivity index (χ0) is 14.0. The topological polar surface area (TPSA) is 62.7 Å². The van der Waals surface area contributed by atoms with E-state index in [1.54, 1.807) is 21.7 Å². The fourth-order valence-electron chi connectivity index (χ4n) is 2.14. The molecule has 1 aromatic heterocycles. The van der Waals surface area contributed by atoms with E-state index in [0.717, 1.165) is 5.69 Å². The fourth-order valence-corrected chi connectivity index (χ4v) is 2.71. The molecule has 0 saturated carbocycles. The maximum absolute atomic E-state index is 11.9. The van der Waals surface area contributed by atoms with Gasteiger partial charge in [-0.05, 0) is 27.2 Å². The molecule has 2 heterocycles. The summed E-state index contributed by atoms with van der Waals surface area (Å²) in [6.07, 6.45) is -0.161. The van der Waals surface area contributed by atoms with E-state index >= 15 is 0 Å². The lowest BCUT2D eigenvalue weighted by molar-refractivity contribution is 0.0269. The van der Waals surface area contributed by atoms with Crippen molar-refractivity contribution in [2.45, 2.75) is 38.9 Å². The SMILES string of the molecule is CC(C)(C)OC(=O)N1CC(O)C(Cc2cscn2)C1. The number of thiazole rings is 1. The number of aromatic nitrogens is 1. The number of nitrogens with zero attached hydrogens (tertiary/aromatic N) is 2. The Morgan fingerprint density at radius 3 is 2.89 bits per heavy atom. The molecule has 0 spiro atoms. The predicted octanol–water partition coefficient (Wildman–Crippen LogP) is 1.91. The van der Waals surface area contributed by atoms with Crippen LogP contribution in [-0.2, 0) is 11.2 Å². The van der Waals surface area contributed by atoms with Crippen LogP contribution in [0.4, 0.5) is 4.79 Å². The predicted molar refractivity (Wildman–Crippen MR) is 73.1 cm³/mol. The van der Waals surface area contributed by atoms with Gasteiger partial charge in [-0.3, -0.25) is 0 Å². The van der Waals surface area contributed by atoms with Crippen LogP contribution in [0, 0.1) is 5.92 Å².